The molecule has 0 bridgehead atoms. The van der Waals surface area contributed by atoms with Gasteiger partial charge in [0.1, 0.15) is 5.69 Å². The minimum absolute atomic E-state index is 0.0787. The van der Waals surface area contributed by atoms with Gasteiger partial charge in [-0.1, -0.05) is 15.9 Å². The van der Waals surface area contributed by atoms with Crippen molar-refractivity contribution < 1.29 is 14.5 Å². The van der Waals surface area contributed by atoms with Gasteiger partial charge in [0, 0.05) is 32.8 Å². The molecule has 26 heavy (non-hydrogen) atoms. The third kappa shape index (κ3) is 4.33. The highest BCUT2D eigenvalue weighted by molar-refractivity contribution is 14.1. The molecule has 1 aliphatic heterocycles. The van der Waals surface area contributed by atoms with Crippen LogP contribution in [0.25, 0.3) is 0 Å². The van der Waals surface area contributed by atoms with Gasteiger partial charge in [0.25, 0.3) is 11.6 Å². The monoisotopic (exact) mass is 531 g/mol. The fraction of sp³-hybridized carbons (Fsp3) is 0.235. The quantitative estimate of drug-likeness (QED) is 0.365. The van der Waals surface area contributed by atoms with Gasteiger partial charge in [0.2, 0.25) is 0 Å². The van der Waals surface area contributed by atoms with E-state index in [1.807, 2.05) is 17.0 Å². The first-order chi connectivity index (χ1) is 12.5. The van der Waals surface area contributed by atoms with Gasteiger partial charge in [-0.05, 0) is 52.9 Å². The van der Waals surface area contributed by atoms with E-state index in [2.05, 4.69) is 43.8 Å². The number of rotatable bonds is 4. The summed E-state index contributed by atoms with van der Waals surface area (Å²) in [6, 6.07) is 10.0. The topological polar surface area (TPSA) is 84.7 Å². The fourth-order valence-electron chi connectivity index (χ4n) is 2.67. The molecule has 2 aromatic rings. The normalized spacial score (nSPS) is 14.2. The highest BCUT2D eigenvalue weighted by Crippen LogP contribution is 2.30. The number of carbonyl (C=O) groups is 1. The van der Waals surface area contributed by atoms with Crippen LogP contribution >= 0.6 is 38.5 Å². The number of carbonyl (C=O) groups excluding carboxylic acids is 1. The first-order valence-electron chi connectivity index (χ1n) is 7.83. The van der Waals surface area contributed by atoms with Crippen molar-refractivity contribution in [1.29, 1.82) is 0 Å². The summed E-state index contributed by atoms with van der Waals surface area (Å²) in [7, 11) is 0. The summed E-state index contributed by atoms with van der Waals surface area (Å²) in [6.45, 7) is 2.23. The SMILES string of the molecule is O=C(Nc1ccc(Br)cc1I)c1ccc(N2CCOCC2)c([N+](=O)[O-])c1. The Hall–Kier alpha value is -1.72. The number of nitrogens with one attached hydrogen (secondary N) is 1. The highest BCUT2D eigenvalue weighted by Gasteiger charge is 2.23. The first-order valence-corrected chi connectivity index (χ1v) is 9.70. The van der Waals surface area contributed by atoms with Crippen LogP contribution in [0.15, 0.2) is 40.9 Å². The lowest BCUT2D eigenvalue weighted by Gasteiger charge is -2.28. The number of hydrogen-bond donors (Lipinski definition) is 1. The summed E-state index contributed by atoms with van der Waals surface area (Å²) in [4.78, 5) is 25.5. The number of hydrogen-bond acceptors (Lipinski definition) is 5. The predicted octanol–water partition coefficient (Wildman–Crippen LogP) is 4.05. The molecular weight excluding hydrogens is 517 g/mol. The summed E-state index contributed by atoms with van der Waals surface area (Å²) in [5.74, 6) is -0.387. The maximum atomic E-state index is 12.5. The van der Waals surface area contributed by atoms with Crippen LogP contribution in [0.1, 0.15) is 10.4 Å². The third-order valence-corrected chi connectivity index (χ3v) is 5.35. The molecule has 9 heteroatoms. The van der Waals surface area contributed by atoms with E-state index < -0.39 is 4.92 Å². The summed E-state index contributed by atoms with van der Waals surface area (Å²) >= 11 is 5.49. The van der Waals surface area contributed by atoms with Crippen molar-refractivity contribution in [1.82, 2.24) is 0 Å². The molecule has 1 fully saturated rings. The number of morpholine rings is 1. The molecule has 0 radical (unpaired) electrons. The van der Waals surface area contributed by atoms with Crippen LogP contribution in [0.4, 0.5) is 17.1 Å². The van der Waals surface area contributed by atoms with Crippen molar-refractivity contribution in [3.8, 4) is 0 Å². The molecule has 0 aromatic heterocycles. The Morgan fingerprint density at radius 1 is 1.23 bits per heavy atom. The smallest absolute Gasteiger partial charge is 0.293 e. The molecule has 1 saturated heterocycles. The molecule has 0 saturated carbocycles. The van der Waals surface area contributed by atoms with E-state index in [0.717, 1.165) is 8.04 Å². The third-order valence-electron chi connectivity index (χ3n) is 3.97. The van der Waals surface area contributed by atoms with Gasteiger partial charge in [-0.2, -0.15) is 0 Å². The summed E-state index contributed by atoms with van der Waals surface area (Å²) in [5.41, 5.74) is 1.32. The minimum Gasteiger partial charge on any atom is -0.378 e. The van der Waals surface area contributed by atoms with Crippen LogP contribution in [0.2, 0.25) is 0 Å². The van der Waals surface area contributed by atoms with Gasteiger partial charge >= 0.3 is 0 Å². The molecule has 0 aliphatic carbocycles. The van der Waals surface area contributed by atoms with Gasteiger partial charge in [0.05, 0.1) is 23.8 Å². The maximum Gasteiger partial charge on any atom is 0.293 e. The molecule has 3 rings (SSSR count). The van der Waals surface area contributed by atoms with Crippen molar-refractivity contribution in [3.05, 3.63) is 60.1 Å². The number of anilines is 2. The van der Waals surface area contributed by atoms with E-state index in [9.17, 15) is 14.9 Å². The van der Waals surface area contributed by atoms with Crippen molar-refractivity contribution in [2.24, 2.45) is 0 Å². The Balaban J connectivity index is 1.86. The van der Waals surface area contributed by atoms with E-state index in [0.29, 0.717) is 37.7 Å². The Kier molecular flexibility index (Phi) is 6.09. The van der Waals surface area contributed by atoms with E-state index in [1.165, 1.54) is 6.07 Å². The van der Waals surface area contributed by atoms with Crippen LogP contribution in [-0.4, -0.2) is 37.1 Å². The zero-order valence-corrected chi connectivity index (χ0v) is 17.3. The maximum absolute atomic E-state index is 12.5. The Bertz CT molecular complexity index is 856. The number of ether oxygens (including phenoxy) is 1. The lowest BCUT2D eigenvalue weighted by atomic mass is 10.1. The number of amides is 1. The summed E-state index contributed by atoms with van der Waals surface area (Å²) < 4.78 is 7.06. The second kappa shape index (κ2) is 8.31. The van der Waals surface area contributed by atoms with E-state index >= 15 is 0 Å². The Labute approximate surface area is 172 Å². The van der Waals surface area contributed by atoms with Gasteiger partial charge in [-0.3, -0.25) is 14.9 Å². The number of nitrogens with zero attached hydrogens (tertiary/aromatic N) is 2. The van der Waals surface area contributed by atoms with E-state index in [4.69, 9.17) is 4.74 Å². The van der Waals surface area contributed by atoms with E-state index in [1.54, 1.807) is 18.2 Å². The van der Waals surface area contributed by atoms with Gasteiger partial charge in [-0.25, -0.2) is 0 Å². The zero-order valence-electron chi connectivity index (χ0n) is 13.6. The number of nitro benzene ring substituents is 1. The second-order valence-corrected chi connectivity index (χ2v) is 7.72. The summed E-state index contributed by atoms with van der Waals surface area (Å²) in [5, 5.41) is 14.3. The highest BCUT2D eigenvalue weighted by atomic mass is 127. The Morgan fingerprint density at radius 3 is 2.62 bits per heavy atom. The molecule has 0 unspecified atom stereocenters. The van der Waals surface area contributed by atoms with Crippen LogP contribution in [0, 0.1) is 13.7 Å². The Morgan fingerprint density at radius 2 is 1.96 bits per heavy atom. The second-order valence-electron chi connectivity index (χ2n) is 5.64. The van der Waals surface area contributed by atoms with Crippen LogP contribution in [0.3, 0.4) is 0 Å². The van der Waals surface area contributed by atoms with Gasteiger partial charge < -0.3 is 15.0 Å². The average Bonchev–Trinajstić information content (AvgIpc) is 2.64. The number of nitro groups is 1. The molecule has 7 nitrogen and oxygen atoms in total. The molecule has 1 N–H and O–H groups in total. The molecule has 0 spiro atoms. The number of benzene rings is 2. The van der Waals surface area contributed by atoms with Crippen molar-refractivity contribution in [3.63, 3.8) is 0 Å². The van der Waals surface area contributed by atoms with Crippen molar-refractivity contribution in [2.75, 3.05) is 36.5 Å². The minimum atomic E-state index is -0.453. The molecule has 0 atom stereocenters. The standard InChI is InChI=1S/C17H15BrIN3O4/c18-12-2-3-14(13(19)10-12)20-17(23)11-1-4-15(16(9-11)22(24)25)21-5-7-26-8-6-21/h1-4,9-10H,5-8H2,(H,20,23). The zero-order chi connectivity index (χ0) is 18.7. The molecule has 2 aromatic carbocycles. The molecule has 1 aliphatic rings. The average molecular weight is 532 g/mol. The largest absolute Gasteiger partial charge is 0.378 e. The first kappa shape index (κ1) is 19.1. The predicted molar refractivity (Wildman–Crippen MR) is 111 cm³/mol. The lowest BCUT2D eigenvalue weighted by Crippen LogP contribution is -2.36. The van der Waals surface area contributed by atoms with Crippen molar-refractivity contribution in [2.45, 2.75) is 0 Å². The number of halogens is 2. The van der Waals surface area contributed by atoms with Gasteiger partial charge in [-0.15, -0.1) is 0 Å². The van der Waals surface area contributed by atoms with E-state index in [-0.39, 0.29) is 17.2 Å². The molecule has 1 amide bonds. The van der Waals surface area contributed by atoms with Crippen molar-refractivity contribution >= 4 is 61.5 Å². The van der Waals surface area contributed by atoms with Crippen LogP contribution in [-0.2, 0) is 4.74 Å². The van der Waals surface area contributed by atoms with Gasteiger partial charge in [0.15, 0.2) is 0 Å². The van der Waals surface area contributed by atoms with Crippen LogP contribution < -0.4 is 10.2 Å². The fourth-order valence-corrected chi connectivity index (χ4v) is 4.11. The summed E-state index contributed by atoms with van der Waals surface area (Å²) in [6.07, 6.45) is 0. The molecule has 136 valence electrons. The lowest BCUT2D eigenvalue weighted by molar-refractivity contribution is -0.384. The molecular formula is C17H15BrIN3O4. The molecule has 1 heterocycles. The van der Waals surface area contributed by atoms with Crippen LogP contribution in [0.5, 0.6) is 0 Å².